The van der Waals surface area contributed by atoms with Crippen molar-refractivity contribution < 1.29 is 23.8 Å². The fraction of sp³-hybridized carbons (Fsp3) is 0.810. The summed E-state index contributed by atoms with van der Waals surface area (Å²) in [4.78, 5) is 25.5. The first-order chi connectivity index (χ1) is 33.6. The van der Waals surface area contributed by atoms with Crippen LogP contribution in [0.15, 0.2) is 60.8 Å². The monoisotopic (exact) mass is 951 g/mol. The Bertz CT molecular complexity index is 1170. The minimum atomic E-state index is -0.549. The number of allylic oxidation sites excluding steroid dienone is 10. The Balaban J connectivity index is 4.28. The van der Waals surface area contributed by atoms with Crippen molar-refractivity contribution in [2.75, 3.05) is 19.8 Å². The minimum absolute atomic E-state index is 0.0767. The molecule has 0 fully saturated rings. The summed E-state index contributed by atoms with van der Waals surface area (Å²) in [6.07, 6.45) is 75.3. The molecular formula is C63H114O5. The highest BCUT2D eigenvalue weighted by Crippen LogP contribution is 2.16. The van der Waals surface area contributed by atoms with Gasteiger partial charge in [-0.05, 0) is 83.5 Å². The fourth-order valence-corrected chi connectivity index (χ4v) is 8.62. The minimum Gasteiger partial charge on any atom is -0.462 e. The van der Waals surface area contributed by atoms with Gasteiger partial charge in [0.05, 0.1) is 6.61 Å². The molecule has 0 aromatic carbocycles. The molecule has 0 saturated heterocycles. The van der Waals surface area contributed by atoms with Gasteiger partial charge in [0.25, 0.3) is 0 Å². The molecule has 0 N–H and O–H groups in total. The fourth-order valence-electron chi connectivity index (χ4n) is 8.62. The van der Waals surface area contributed by atoms with E-state index in [9.17, 15) is 9.59 Å². The van der Waals surface area contributed by atoms with Gasteiger partial charge in [-0.1, -0.05) is 268 Å². The molecule has 1 atom stereocenters. The van der Waals surface area contributed by atoms with E-state index in [0.29, 0.717) is 19.4 Å². The van der Waals surface area contributed by atoms with Gasteiger partial charge < -0.3 is 14.2 Å². The molecule has 0 aliphatic carbocycles. The largest absolute Gasteiger partial charge is 0.462 e. The van der Waals surface area contributed by atoms with Crippen LogP contribution in [-0.2, 0) is 23.8 Å². The molecular weight excluding hydrogens is 837 g/mol. The normalized spacial score (nSPS) is 12.6. The molecule has 0 radical (unpaired) electrons. The lowest BCUT2D eigenvalue weighted by atomic mass is 10.0. The zero-order valence-corrected chi connectivity index (χ0v) is 45.6. The first-order valence-corrected chi connectivity index (χ1v) is 29.8. The van der Waals surface area contributed by atoms with Gasteiger partial charge in [-0.3, -0.25) is 9.59 Å². The molecule has 0 rings (SSSR count). The van der Waals surface area contributed by atoms with Crippen LogP contribution < -0.4 is 0 Å². The van der Waals surface area contributed by atoms with Crippen molar-refractivity contribution in [2.45, 2.75) is 309 Å². The third kappa shape index (κ3) is 56.2. The molecule has 396 valence electrons. The zero-order chi connectivity index (χ0) is 49.2. The molecule has 0 aliphatic rings. The zero-order valence-electron chi connectivity index (χ0n) is 45.6. The van der Waals surface area contributed by atoms with Crippen LogP contribution in [0.25, 0.3) is 0 Å². The van der Waals surface area contributed by atoms with Gasteiger partial charge in [0.15, 0.2) is 6.10 Å². The van der Waals surface area contributed by atoms with E-state index in [1.807, 2.05) is 0 Å². The van der Waals surface area contributed by atoms with Gasteiger partial charge in [0.2, 0.25) is 0 Å². The third-order valence-electron chi connectivity index (χ3n) is 13.0. The van der Waals surface area contributed by atoms with Crippen LogP contribution in [0, 0.1) is 0 Å². The maximum atomic E-state index is 12.9. The first-order valence-electron chi connectivity index (χ1n) is 29.8. The van der Waals surface area contributed by atoms with E-state index in [2.05, 4.69) is 81.5 Å². The number of unbranched alkanes of at least 4 members (excludes halogenated alkanes) is 34. The molecule has 0 saturated carbocycles. The van der Waals surface area contributed by atoms with Crippen LogP contribution in [0.5, 0.6) is 0 Å². The SMILES string of the molecule is CC/C=C\C/C=C\C/C=C\C/C=C\CCCCCCC(=O)O[C@H](COCCCCCCCCCCCCCCCCCC)COC(=O)CCCCCCCCCCC/C=C\CCCCCCCC. The van der Waals surface area contributed by atoms with Crippen LogP contribution in [0.4, 0.5) is 0 Å². The molecule has 5 heteroatoms. The number of ether oxygens (including phenoxy) is 3. The summed E-state index contributed by atoms with van der Waals surface area (Å²) in [7, 11) is 0. The van der Waals surface area contributed by atoms with Gasteiger partial charge in [0, 0.05) is 19.4 Å². The van der Waals surface area contributed by atoms with Crippen LogP contribution >= 0.6 is 0 Å². The first kappa shape index (κ1) is 65.6. The van der Waals surface area contributed by atoms with E-state index < -0.39 is 6.10 Å². The van der Waals surface area contributed by atoms with Gasteiger partial charge in [-0.2, -0.15) is 0 Å². The maximum absolute atomic E-state index is 12.9. The predicted molar refractivity (Wildman–Crippen MR) is 298 cm³/mol. The third-order valence-corrected chi connectivity index (χ3v) is 13.0. The van der Waals surface area contributed by atoms with Gasteiger partial charge in [-0.25, -0.2) is 0 Å². The highest BCUT2D eigenvalue weighted by Gasteiger charge is 2.17. The average molecular weight is 952 g/mol. The van der Waals surface area contributed by atoms with E-state index in [1.165, 1.54) is 186 Å². The van der Waals surface area contributed by atoms with Crippen molar-refractivity contribution in [3.63, 3.8) is 0 Å². The van der Waals surface area contributed by atoms with Crippen molar-refractivity contribution in [3.05, 3.63) is 60.8 Å². The Hall–Kier alpha value is -2.40. The predicted octanol–water partition coefficient (Wildman–Crippen LogP) is 20.5. The lowest BCUT2D eigenvalue weighted by Gasteiger charge is -2.18. The highest BCUT2D eigenvalue weighted by molar-refractivity contribution is 5.70. The number of carbonyl (C=O) groups excluding carboxylic acids is 2. The van der Waals surface area contributed by atoms with E-state index in [1.54, 1.807) is 0 Å². The van der Waals surface area contributed by atoms with Crippen molar-refractivity contribution in [3.8, 4) is 0 Å². The molecule has 0 aromatic heterocycles. The second-order valence-corrected chi connectivity index (χ2v) is 19.9. The number of rotatable bonds is 55. The summed E-state index contributed by atoms with van der Waals surface area (Å²) in [5.74, 6) is -0.412. The lowest BCUT2D eigenvalue weighted by Crippen LogP contribution is -2.30. The molecule has 0 bridgehead atoms. The van der Waals surface area contributed by atoms with E-state index in [-0.39, 0.29) is 25.2 Å². The van der Waals surface area contributed by atoms with Crippen molar-refractivity contribution >= 4 is 11.9 Å². The Morgan fingerprint density at radius 3 is 1.07 bits per heavy atom. The number of hydrogen-bond acceptors (Lipinski definition) is 5. The quantitative estimate of drug-likeness (QED) is 0.0345. The van der Waals surface area contributed by atoms with Crippen molar-refractivity contribution in [1.29, 1.82) is 0 Å². The second-order valence-electron chi connectivity index (χ2n) is 19.9. The molecule has 68 heavy (non-hydrogen) atoms. The second kappa shape index (κ2) is 58.9. The summed E-state index contributed by atoms with van der Waals surface area (Å²) in [6, 6.07) is 0. The Kier molecular flexibility index (Phi) is 56.8. The van der Waals surface area contributed by atoms with E-state index >= 15 is 0 Å². The standard InChI is InChI=1S/C63H114O5/c1-4-7-10-13-16-19-22-25-28-31-32-34-35-38-41-44-47-50-53-56-62(64)67-60-61(59-66-58-55-52-49-46-43-40-37-30-27-24-21-18-15-12-9-6-3)68-63(65)57-54-51-48-45-42-39-36-33-29-26-23-20-17-14-11-8-5-2/h8,11,17,20,25-26,28-29,36,39,61H,4-7,9-10,12-16,18-19,21-24,27,30-35,37-38,40-60H2,1-3H3/b11-8-,20-17-,28-25-,29-26-,39-36-/t61-/m1/s1. The van der Waals surface area contributed by atoms with Gasteiger partial charge in [0.1, 0.15) is 6.61 Å². The van der Waals surface area contributed by atoms with Crippen LogP contribution in [0.1, 0.15) is 303 Å². The molecule has 0 heterocycles. The Morgan fingerprint density at radius 1 is 0.338 bits per heavy atom. The average Bonchev–Trinajstić information content (AvgIpc) is 3.34. The molecule has 0 amide bonds. The van der Waals surface area contributed by atoms with Crippen molar-refractivity contribution in [1.82, 2.24) is 0 Å². The maximum Gasteiger partial charge on any atom is 0.306 e. The molecule has 0 aromatic rings. The smallest absolute Gasteiger partial charge is 0.306 e. The van der Waals surface area contributed by atoms with Crippen LogP contribution in [0.3, 0.4) is 0 Å². The Labute approximate surface area is 424 Å². The molecule has 5 nitrogen and oxygen atoms in total. The summed E-state index contributed by atoms with van der Waals surface area (Å²) >= 11 is 0. The van der Waals surface area contributed by atoms with Gasteiger partial charge >= 0.3 is 11.9 Å². The number of carbonyl (C=O) groups is 2. The summed E-state index contributed by atoms with van der Waals surface area (Å²) < 4.78 is 17.5. The highest BCUT2D eigenvalue weighted by atomic mass is 16.6. The summed E-state index contributed by atoms with van der Waals surface area (Å²) in [5.41, 5.74) is 0. The summed E-state index contributed by atoms with van der Waals surface area (Å²) in [5, 5.41) is 0. The topological polar surface area (TPSA) is 61.8 Å². The molecule has 0 unspecified atom stereocenters. The summed E-state index contributed by atoms with van der Waals surface area (Å²) in [6.45, 7) is 7.74. The number of hydrogen-bond donors (Lipinski definition) is 0. The molecule has 0 aliphatic heterocycles. The Morgan fingerprint density at radius 2 is 0.662 bits per heavy atom. The van der Waals surface area contributed by atoms with Crippen LogP contribution in [-0.4, -0.2) is 37.9 Å². The number of esters is 2. The van der Waals surface area contributed by atoms with Crippen LogP contribution in [0.2, 0.25) is 0 Å². The van der Waals surface area contributed by atoms with Gasteiger partial charge in [-0.15, -0.1) is 0 Å². The van der Waals surface area contributed by atoms with Crippen molar-refractivity contribution in [2.24, 2.45) is 0 Å². The van der Waals surface area contributed by atoms with E-state index in [0.717, 1.165) is 83.5 Å². The lowest BCUT2D eigenvalue weighted by molar-refractivity contribution is -0.163. The molecule has 0 spiro atoms. The van der Waals surface area contributed by atoms with E-state index in [4.69, 9.17) is 14.2 Å².